The van der Waals surface area contributed by atoms with Crippen molar-refractivity contribution in [2.24, 2.45) is 5.92 Å². The molecule has 2 atom stereocenters. The Bertz CT molecular complexity index is 284. The quantitative estimate of drug-likeness (QED) is 0.746. The molecule has 2 heterocycles. The summed E-state index contributed by atoms with van der Waals surface area (Å²) < 4.78 is 5.29. The van der Waals surface area contributed by atoms with E-state index in [1.807, 2.05) is 12.1 Å². The first-order valence-electron chi connectivity index (χ1n) is 6.31. The summed E-state index contributed by atoms with van der Waals surface area (Å²) in [6.45, 7) is 5.61. The highest BCUT2D eigenvalue weighted by Crippen LogP contribution is 2.14. The highest BCUT2D eigenvalue weighted by Gasteiger charge is 2.17. The van der Waals surface area contributed by atoms with Crippen LogP contribution in [0.3, 0.4) is 0 Å². The maximum atomic E-state index is 5.29. The largest absolute Gasteiger partial charge is 0.469 e. The van der Waals surface area contributed by atoms with Gasteiger partial charge in [0.15, 0.2) is 0 Å². The summed E-state index contributed by atoms with van der Waals surface area (Å²) in [6.07, 6.45) is 5.34. The van der Waals surface area contributed by atoms with Crippen LogP contribution in [0.15, 0.2) is 22.8 Å². The molecule has 0 amide bonds. The van der Waals surface area contributed by atoms with Gasteiger partial charge in [-0.15, -0.1) is 0 Å². The number of hydrogen-bond donors (Lipinski definition) is 2. The highest BCUT2D eigenvalue weighted by molar-refractivity contribution is 4.98. The van der Waals surface area contributed by atoms with Gasteiger partial charge < -0.3 is 15.1 Å². The monoisotopic (exact) mass is 222 g/mol. The second-order valence-electron chi connectivity index (χ2n) is 4.78. The van der Waals surface area contributed by atoms with Crippen molar-refractivity contribution in [3.63, 3.8) is 0 Å². The molecule has 1 saturated heterocycles. The number of rotatable bonds is 5. The summed E-state index contributed by atoms with van der Waals surface area (Å²) in [4.78, 5) is 0. The molecule has 0 bridgehead atoms. The average Bonchev–Trinajstić information content (AvgIpc) is 2.77. The summed E-state index contributed by atoms with van der Waals surface area (Å²) in [5, 5.41) is 7.01. The van der Waals surface area contributed by atoms with Gasteiger partial charge in [-0.25, -0.2) is 0 Å². The number of nitrogens with one attached hydrogen (secondary N) is 2. The van der Waals surface area contributed by atoms with Crippen LogP contribution in [0.4, 0.5) is 0 Å². The van der Waals surface area contributed by atoms with E-state index >= 15 is 0 Å². The first-order chi connectivity index (χ1) is 7.84. The van der Waals surface area contributed by atoms with Crippen molar-refractivity contribution >= 4 is 0 Å². The molecule has 16 heavy (non-hydrogen) atoms. The molecule has 3 nitrogen and oxygen atoms in total. The highest BCUT2D eigenvalue weighted by atomic mass is 16.3. The summed E-state index contributed by atoms with van der Waals surface area (Å²) in [6, 6.07) is 4.67. The summed E-state index contributed by atoms with van der Waals surface area (Å²) in [7, 11) is 0. The minimum Gasteiger partial charge on any atom is -0.469 e. The van der Waals surface area contributed by atoms with Crippen molar-refractivity contribution in [1.29, 1.82) is 0 Å². The number of piperidine rings is 1. The SMILES string of the molecule is CC1CC(CNCCc2ccco2)CCN1. The van der Waals surface area contributed by atoms with Crippen LogP contribution >= 0.6 is 0 Å². The molecule has 2 rings (SSSR count). The normalized spacial score (nSPS) is 25.8. The zero-order chi connectivity index (χ0) is 11.2. The third-order valence-corrected chi connectivity index (χ3v) is 3.29. The molecule has 3 heteroatoms. The van der Waals surface area contributed by atoms with Gasteiger partial charge in [-0.3, -0.25) is 0 Å². The van der Waals surface area contributed by atoms with E-state index in [9.17, 15) is 0 Å². The van der Waals surface area contributed by atoms with Crippen molar-refractivity contribution in [2.75, 3.05) is 19.6 Å². The second kappa shape index (κ2) is 6.06. The van der Waals surface area contributed by atoms with Crippen LogP contribution in [-0.2, 0) is 6.42 Å². The van der Waals surface area contributed by atoms with Crippen LogP contribution in [0, 0.1) is 5.92 Å². The minimum absolute atomic E-state index is 0.686. The molecule has 1 fully saturated rings. The lowest BCUT2D eigenvalue weighted by Crippen LogP contribution is -2.39. The summed E-state index contributed by atoms with van der Waals surface area (Å²) in [5.74, 6) is 1.92. The van der Waals surface area contributed by atoms with Gasteiger partial charge in [0.25, 0.3) is 0 Å². The molecule has 2 N–H and O–H groups in total. The number of hydrogen-bond acceptors (Lipinski definition) is 3. The predicted octanol–water partition coefficient (Wildman–Crippen LogP) is 1.80. The van der Waals surface area contributed by atoms with Crippen molar-refractivity contribution in [3.8, 4) is 0 Å². The first kappa shape index (κ1) is 11.7. The molecule has 0 aromatic carbocycles. The van der Waals surface area contributed by atoms with E-state index in [2.05, 4.69) is 17.6 Å². The summed E-state index contributed by atoms with van der Waals surface area (Å²) >= 11 is 0. The smallest absolute Gasteiger partial charge is 0.105 e. The minimum atomic E-state index is 0.686. The van der Waals surface area contributed by atoms with Crippen LogP contribution in [0.25, 0.3) is 0 Å². The predicted molar refractivity (Wildman–Crippen MR) is 65.5 cm³/mol. The third-order valence-electron chi connectivity index (χ3n) is 3.29. The maximum absolute atomic E-state index is 5.29. The van der Waals surface area contributed by atoms with E-state index in [1.165, 1.54) is 19.4 Å². The molecule has 0 saturated carbocycles. The molecule has 1 aliphatic rings. The van der Waals surface area contributed by atoms with Gasteiger partial charge in [-0.1, -0.05) is 0 Å². The Balaban J connectivity index is 1.57. The molecular formula is C13H22N2O. The molecule has 1 aliphatic heterocycles. The Morgan fingerprint density at radius 3 is 3.25 bits per heavy atom. The van der Waals surface area contributed by atoms with Gasteiger partial charge in [0.2, 0.25) is 0 Å². The number of furan rings is 1. The molecule has 2 unspecified atom stereocenters. The van der Waals surface area contributed by atoms with E-state index in [0.29, 0.717) is 6.04 Å². The van der Waals surface area contributed by atoms with E-state index in [4.69, 9.17) is 4.42 Å². The Hall–Kier alpha value is -0.800. The van der Waals surface area contributed by atoms with Gasteiger partial charge in [0.1, 0.15) is 5.76 Å². The van der Waals surface area contributed by atoms with E-state index in [0.717, 1.165) is 31.2 Å². The molecule has 0 spiro atoms. The van der Waals surface area contributed by atoms with E-state index < -0.39 is 0 Å². The fourth-order valence-electron chi connectivity index (χ4n) is 2.39. The lowest BCUT2D eigenvalue weighted by atomic mass is 9.93. The average molecular weight is 222 g/mol. The standard InChI is InChI=1S/C13H22N2O/c1-11-9-12(4-7-15-11)10-14-6-5-13-3-2-8-16-13/h2-3,8,11-12,14-15H,4-7,9-10H2,1H3. The van der Waals surface area contributed by atoms with Crippen LogP contribution in [-0.4, -0.2) is 25.7 Å². The van der Waals surface area contributed by atoms with Crippen LogP contribution < -0.4 is 10.6 Å². The Morgan fingerprint density at radius 2 is 2.50 bits per heavy atom. The van der Waals surface area contributed by atoms with Crippen LogP contribution in [0.1, 0.15) is 25.5 Å². The molecule has 90 valence electrons. The summed E-state index contributed by atoms with van der Waals surface area (Å²) in [5.41, 5.74) is 0. The van der Waals surface area contributed by atoms with Crippen LogP contribution in [0.5, 0.6) is 0 Å². The Kier molecular flexibility index (Phi) is 4.43. The molecule has 1 aromatic rings. The first-order valence-corrected chi connectivity index (χ1v) is 6.31. The Labute approximate surface area is 97.6 Å². The molecule has 0 radical (unpaired) electrons. The van der Waals surface area contributed by atoms with Crippen molar-refractivity contribution < 1.29 is 4.42 Å². The lowest BCUT2D eigenvalue weighted by Gasteiger charge is -2.28. The maximum Gasteiger partial charge on any atom is 0.105 e. The molecular weight excluding hydrogens is 200 g/mol. The van der Waals surface area contributed by atoms with E-state index in [-0.39, 0.29) is 0 Å². The van der Waals surface area contributed by atoms with Crippen LogP contribution in [0.2, 0.25) is 0 Å². The third kappa shape index (κ3) is 3.65. The zero-order valence-corrected chi connectivity index (χ0v) is 10.0. The van der Waals surface area contributed by atoms with E-state index in [1.54, 1.807) is 6.26 Å². The fourth-order valence-corrected chi connectivity index (χ4v) is 2.39. The van der Waals surface area contributed by atoms with Gasteiger partial charge >= 0.3 is 0 Å². The Morgan fingerprint density at radius 1 is 1.56 bits per heavy atom. The van der Waals surface area contributed by atoms with Crippen molar-refractivity contribution in [2.45, 2.75) is 32.2 Å². The molecule has 0 aliphatic carbocycles. The fraction of sp³-hybridized carbons (Fsp3) is 0.692. The van der Waals surface area contributed by atoms with Gasteiger partial charge in [0, 0.05) is 19.0 Å². The van der Waals surface area contributed by atoms with Gasteiger partial charge in [-0.2, -0.15) is 0 Å². The molecule has 1 aromatic heterocycles. The zero-order valence-electron chi connectivity index (χ0n) is 10.0. The van der Waals surface area contributed by atoms with Crippen molar-refractivity contribution in [3.05, 3.63) is 24.2 Å². The second-order valence-corrected chi connectivity index (χ2v) is 4.78. The van der Waals surface area contributed by atoms with Gasteiger partial charge in [-0.05, 0) is 50.9 Å². The van der Waals surface area contributed by atoms with Gasteiger partial charge in [0.05, 0.1) is 6.26 Å². The lowest BCUT2D eigenvalue weighted by molar-refractivity contribution is 0.304. The topological polar surface area (TPSA) is 37.2 Å². The van der Waals surface area contributed by atoms with Crippen molar-refractivity contribution in [1.82, 2.24) is 10.6 Å².